The van der Waals surface area contributed by atoms with Crippen molar-refractivity contribution in [2.24, 2.45) is 0 Å². The maximum absolute atomic E-state index is 10.8. The lowest BCUT2D eigenvalue weighted by Gasteiger charge is -2.00. The van der Waals surface area contributed by atoms with E-state index in [4.69, 9.17) is 5.73 Å². The minimum Gasteiger partial charge on any atom is -0.465 e. The molecule has 0 saturated heterocycles. The predicted molar refractivity (Wildman–Crippen MR) is 45.9 cm³/mol. The lowest BCUT2D eigenvalue weighted by atomic mass is 10.6. The van der Waals surface area contributed by atoms with E-state index in [0.717, 1.165) is 0 Å². The van der Waals surface area contributed by atoms with Crippen LogP contribution in [-0.2, 0) is 9.53 Å². The Labute approximate surface area is 74.7 Å². The zero-order chi connectivity index (χ0) is 9.68. The van der Waals surface area contributed by atoms with Crippen molar-refractivity contribution in [2.45, 2.75) is 6.92 Å². The van der Waals surface area contributed by atoms with Crippen LogP contribution in [0, 0.1) is 0 Å². The van der Waals surface area contributed by atoms with Gasteiger partial charge in [-0.15, -0.1) is 5.10 Å². The van der Waals surface area contributed by atoms with E-state index in [2.05, 4.69) is 25.2 Å². The molecule has 1 heterocycles. The fourth-order valence-electron chi connectivity index (χ4n) is 0.717. The molecule has 0 unspecified atom stereocenters. The van der Waals surface area contributed by atoms with Crippen molar-refractivity contribution in [3.63, 3.8) is 0 Å². The highest BCUT2D eigenvalue weighted by atomic mass is 16.5. The molecule has 0 amide bonds. The number of ether oxygens (including phenoxy) is 1. The van der Waals surface area contributed by atoms with E-state index in [-0.39, 0.29) is 24.4 Å². The molecule has 0 saturated carbocycles. The Balaban J connectivity index is 2.30. The summed E-state index contributed by atoms with van der Waals surface area (Å²) in [7, 11) is 0. The van der Waals surface area contributed by atoms with Crippen LogP contribution in [0.1, 0.15) is 6.92 Å². The fourth-order valence-corrected chi connectivity index (χ4v) is 0.717. The number of hydrogen-bond acceptors (Lipinski definition) is 6. The number of nitrogens with zero attached hydrogens (tertiary/aromatic N) is 2. The fraction of sp³-hybridized carbons (Fsp3) is 0.500. The Kier molecular flexibility index (Phi) is 3.07. The van der Waals surface area contributed by atoms with Crippen LogP contribution in [-0.4, -0.2) is 34.3 Å². The number of rotatable bonds is 4. The summed E-state index contributed by atoms with van der Waals surface area (Å²) in [6.07, 6.45) is 0. The van der Waals surface area contributed by atoms with Gasteiger partial charge in [-0.05, 0) is 6.92 Å². The normalized spacial score (nSPS) is 9.62. The zero-order valence-electron chi connectivity index (χ0n) is 7.20. The number of aromatic amines is 1. The molecule has 0 bridgehead atoms. The molecular weight excluding hydrogens is 174 g/mol. The summed E-state index contributed by atoms with van der Waals surface area (Å²) in [5.74, 6) is 0.128. The first kappa shape index (κ1) is 9.30. The molecule has 0 fully saturated rings. The molecular formula is C6H11N5O2. The van der Waals surface area contributed by atoms with E-state index in [1.54, 1.807) is 6.92 Å². The van der Waals surface area contributed by atoms with Gasteiger partial charge in [0, 0.05) is 0 Å². The molecule has 0 radical (unpaired) electrons. The van der Waals surface area contributed by atoms with Gasteiger partial charge in [0.25, 0.3) is 0 Å². The van der Waals surface area contributed by atoms with E-state index >= 15 is 0 Å². The van der Waals surface area contributed by atoms with Gasteiger partial charge in [0.15, 0.2) is 0 Å². The van der Waals surface area contributed by atoms with Crippen LogP contribution in [0.5, 0.6) is 0 Å². The van der Waals surface area contributed by atoms with Crippen molar-refractivity contribution in [3.05, 3.63) is 0 Å². The first-order valence-electron chi connectivity index (χ1n) is 3.79. The van der Waals surface area contributed by atoms with E-state index in [9.17, 15) is 4.79 Å². The van der Waals surface area contributed by atoms with E-state index in [1.165, 1.54) is 0 Å². The predicted octanol–water partition coefficient (Wildman–Crippen LogP) is -0.638. The van der Waals surface area contributed by atoms with Crippen LogP contribution in [0.2, 0.25) is 0 Å². The van der Waals surface area contributed by atoms with E-state index in [1.807, 2.05) is 0 Å². The zero-order valence-corrected chi connectivity index (χ0v) is 7.20. The van der Waals surface area contributed by atoms with Crippen LogP contribution >= 0.6 is 0 Å². The van der Waals surface area contributed by atoms with E-state index < -0.39 is 0 Å². The SMILES string of the molecule is CCOC(=O)CNc1n[nH]c(N)n1. The number of carbonyl (C=O) groups excluding carboxylic acids is 1. The summed E-state index contributed by atoms with van der Waals surface area (Å²) in [4.78, 5) is 14.6. The van der Waals surface area contributed by atoms with Crippen molar-refractivity contribution < 1.29 is 9.53 Å². The van der Waals surface area contributed by atoms with Crippen LogP contribution in [0.4, 0.5) is 11.9 Å². The van der Waals surface area contributed by atoms with Gasteiger partial charge in [-0.3, -0.25) is 4.79 Å². The lowest BCUT2D eigenvalue weighted by Crippen LogP contribution is -2.17. The highest BCUT2D eigenvalue weighted by Crippen LogP contribution is 1.97. The molecule has 7 nitrogen and oxygen atoms in total. The highest BCUT2D eigenvalue weighted by Gasteiger charge is 2.03. The number of anilines is 2. The third-order valence-corrected chi connectivity index (χ3v) is 1.20. The quantitative estimate of drug-likeness (QED) is 0.539. The maximum atomic E-state index is 10.8. The standard InChI is InChI=1S/C6H11N5O2/c1-2-13-4(12)3-8-6-9-5(7)10-11-6/h2-3H2,1H3,(H4,7,8,9,10,11). The summed E-state index contributed by atoms with van der Waals surface area (Å²) in [5, 5.41) is 8.74. The summed E-state index contributed by atoms with van der Waals surface area (Å²) in [5.41, 5.74) is 5.26. The summed E-state index contributed by atoms with van der Waals surface area (Å²) in [6.45, 7) is 2.13. The third-order valence-electron chi connectivity index (χ3n) is 1.20. The lowest BCUT2D eigenvalue weighted by molar-refractivity contribution is -0.140. The molecule has 7 heteroatoms. The molecule has 0 aliphatic carbocycles. The van der Waals surface area contributed by atoms with Gasteiger partial charge in [-0.1, -0.05) is 0 Å². The van der Waals surface area contributed by atoms with Crippen LogP contribution < -0.4 is 11.1 Å². The minimum atomic E-state index is -0.356. The van der Waals surface area contributed by atoms with Crippen LogP contribution in [0.3, 0.4) is 0 Å². The maximum Gasteiger partial charge on any atom is 0.325 e. The number of hydrogen-bond donors (Lipinski definition) is 3. The monoisotopic (exact) mass is 185 g/mol. The number of nitrogen functional groups attached to an aromatic ring is 1. The topological polar surface area (TPSA) is 106 Å². The number of nitrogens with two attached hydrogens (primary N) is 1. The first-order valence-corrected chi connectivity index (χ1v) is 3.79. The van der Waals surface area contributed by atoms with Crippen molar-refractivity contribution >= 4 is 17.9 Å². The Bertz CT molecular complexity index is 284. The Morgan fingerprint density at radius 3 is 3.08 bits per heavy atom. The smallest absolute Gasteiger partial charge is 0.325 e. The van der Waals surface area contributed by atoms with Gasteiger partial charge in [0.05, 0.1) is 6.61 Å². The molecule has 1 aromatic heterocycles. The van der Waals surface area contributed by atoms with Crippen LogP contribution in [0.25, 0.3) is 0 Å². The minimum absolute atomic E-state index is 0.0329. The van der Waals surface area contributed by atoms with Crippen LogP contribution in [0.15, 0.2) is 0 Å². The second-order valence-corrected chi connectivity index (χ2v) is 2.20. The molecule has 0 aromatic carbocycles. The summed E-state index contributed by atoms with van der Waals surface area (Å²) >= 11 is 0. The number of esters is 1. The Morgan fingerprint density at radius 1 is 1.77 bits per heavy atom. The second-order valence-electron chi connectivity index (χ2n) is 2.20. The van der Waals surface area contributed by atoms with Gasteiger partial charge in [0.1, 0.15) is 6.54 Å². The van der Waals surface area contributed by atoms with Gasteiger partial charge in [-0.25, -0.2) is 5.10 Å². The average Bonchev–Trinajstić information content (AvgIpc) is 2.49. The summed E-state index contributed by atoms with van der Waals surface area (Å²) < 4.78 is 4.67. The second kappa shape index (κ2) is 4.29. The van der Waals surface area contributed by atoms with Crippen molar-refractivity contribution in [3.8, 4) is 0 Å². The Hall–Kier alpha value is -1.79. The molecule has 13 heavy (non-hydrogen) atoms. The summed E-state index contributed by atoms with van der Waals surface area (Å²) in [6, 6.07) is 0. The molecule has 72 valence electrons. The third kappa shape index (κ3) is 2.97. The number of aromatic nitrogens is 3. The van der Waals surface area contributed by atoms with Crippen molar-refractivity contribution in [2.75, 3.05) is 24.2 Å². The van der Waals surface area contributed by atoms with Gasteiger partial charge in [-0.2, -0.15) is 4.98 Å². The van der Waals surface area contributed by atoms with Crippen molar-refractivity contribution in [1.82, 2.24) is 15.2 Å². The van der Waals surface area contributed by atoms with Crippen molar-refractivity contribution in [1.29, 1.82) is 0 Å². The number of nitrogens with one attached hydrogen (secondary N) is 2. The highest BCUT2D eigenvalue weighted by molar-refractivity contribution is 5.74. The first-order chi connectivity index (χ1) is 6.22. The van der Waals surface area contributed by atoms with Gasteiger partial charge >= 0.3 is 5.97 Å². The molecule has 0 atom stereocenters. The number of carbonyl (C=O) groups is 1. The molecule has 0 spiro atoms. The molecule has 1 aromatic rings. The molecule has 4 N–H and O–H groups in total. The largest absolute Gasteiger partial charge is 0.465 e. The van der Waals surface area contributed by atoms with Gasteiger partial charge < -0.3 is 15.8 Å². The molecule has 1 rings (SSSR count). The van der Waals surface area contributed by atoms with Gasteiger partial charge in [0.2, 0.25) is 11.9 Å². The average molecular weight is 185 g/mol. The molecule has 0 aliphatic heterocycles. The number of H-pyrrole nitrogens is 1. The molecule has 0 aliphatic rings. The Morgan fingerprint density at radius 2 is 2.54 bits per heavy atom. The van der Waals surface area contributed by atoms with E-state index in [0.29, 0.717) is 6.61 Å².